The molecule has 0 amide bonds. The van der Waals surface area contributed by atoms with Gasteiger partial charge in [-0.1, -0.05) is 40.5 Å². The lowest BCUT2D eigenvalue weighted by Crippen LogP contribution is -2.28. The van der Waals surface area contributed by atoms with Gasteiger partial charge in [0.15, 0.2) is 0 Å². The number of aliphatic imine (C=N–C) groups is 1. The first kappa shape index (κ1) is 14.1. The number of rotatable bonds is 0. The minimum atomic E-state index is 0.365. The first-order valence-electron chi connectivity index (χ1n) is 6.21. The Morgan fingerprint density at radius 2 is 1.53 bits per heavy atom. The minimum Gasteiger partial charge on any atom is -0.387 e. The van der Waals surface area contributed by atoms with Crippen molar-refractivity contribution >= 4 is 11.7 Å². The van der Waals surface area contributed by atoms with E-state index in [9.17, 15) is 0 Å². The summed E-state index contributed by atoms with van der Waals surface area (Å²) in [4.78, 5) is 4.01. The van der Waals surface area contributed by atoms with Crippen LogP contribution >= 0.6 is 0 Å². The van der Waals surface area contributed by atoms with Crippen LogP contribution in [0.25, 0.3) is 0 Å². The predicted molar refractivity (Wildman–Crippen MR) is 67.5 cm³/mol. The van der Waals surface area contributed by atoms with Crippen LogP contribution in [0.3, 0.4) is 0 Å². The van der Waals surface area contributed by atoms with Gasteiger partial charge in [0, 0.05) is 11.8 Å². The van der Waals surface area contributed by atoms with Crippen molar-refractivity contribution in [1.29, 1.82) is 5.41 Å². The van der Waals surface area contributed by atoms with E-state index in [1.54, 1.807) is 0 Å². The van der Waals surface area contributed by atoms with Crippen molar-refractivity contribution in [3.8, 4) is 0 Å². The van der Waals surface area contributed by atoms with Crippen LogP contribution in [-0.4, -0.2) is 11.7 Å². The molecule has 1 fully saturated rings. The molecule has 0 aromatic heterocycles. The molecule has 15 heavy (non-hydrogen) atoms. The van der Waals surface area contributed by atoms with Crippen molar-refractivity contribution in [2.45, 2.75) is 53.4 Å². The molecule has 88 valence electrons. The summed E-state index contributed by atoms with van der Waals surface area (Å²) in [6.45, 7) is 8.00. The Morgan fingerprint density at radius 3 is 2.00 bits per heavy atom. The zero-order chi connectivity index (χ0) is 11.8. The van der Waals surface area contributed by atoms with Gasteiger partial charge < -0.3 is 5.73 Å². The molecule has 1 aliphatic heterocycles. The zero-order valence-electron chi connectivity index (χ0n) is 10.5. The van der Waals surface area contributed by atoms with E-state index < -0.39 is 0 Å². The van der Waals surface area contributed by atoms with Gasteiger partial charge in [-0.25, -0.2) is 4.99 Å². The summed E-state index contributed by atoms with van der Waals surface area (Å²) in [5.74, 6) is 2.01. The highest BCUT2D eigenvalue weighted by Crippen LogP contribution is 2.34. The van der Waals surface area contributed by atoms with Gasteiger partial charge in [-0.05, 0) is 12.8 Å². The van der Waals surface area contributed by atoms with E-state index in [-0.39, 0.29) is 0 Å². The highest BCUT2D eigenvalue weighted by molar-refractivity contribution is 6.04. The molecular formula is C12H25N3. The van der Waals surface area contributed by atoms with Gasteiger partial charge in [-0.2, -0.15) is 0 Å². The summed E-state index contributed by atoms with van der Waals surface area (Å²) in [5, 5.41) is 7.54. The van der Waals surface area contributed by atoms with Gasteiger partial charge >= 0.3 is 0 Å². The summed E-state index contributed by atoms with van der Waals surface area (Å²) in [6.07, 6.45) is 4.76. The van der Waals surface area contributed by atoms with E-state index in [1.807, 2.05) is 27.7 Å². The van der Waals surface area contributed by atoms with E-state index in [0.29, 0.717) is 23.5 Å². The van der Waals surface area contributed by atoms with E-state index in [2.05, 4.69) is 4.99 Å². The quantitative estimate of drug-likeness (QED) is 0.635. The second-order valence-electron chi connectivity index (χ2n) is 3.42. The maximum atomic E-state index is 7.54. The van der Waals surface area contributed by atoms with Crippen LogP contribution in [-0.2, 0) is 0 Å². The van der Waals surface area contributed by atoms with E-state index in [0.717, 1.165) is 12.8 Å². The van der Waals surface area contributed by atoms with E-state index in [1.165, 1.54) is 12.8 Å². The van der Waals surface area contributed by atoms with Crippen LogP contribution in [0.1, 0.15) is 53.4 Å². The monoisotopic (exact) mass is 211 g/mol. The minimum absolute atomic E-state index is 0.365. The molecule has 0 bridgehead atoms. The SMILES string of the molecule is CC.CC.N=C1N=C(N)C2CCCC[C@H]12. The number of nitrogens with zero attached hydrogens (tertiary/aromatic N) is 1. The second kappa shape index (κ2) is 7.43. The number of amidine groups is 2. The van der Waals surface area contributed by atoms with Gasteiger partial charge in [0.1, 0.15) is 11.7 Å². The molecule has 1 aliphatic carbocycles. The average Bonchev–Trinajstić information content (AvgIpc) is 2.61. The first-order chi connectivity index (χ1) is 7.29. The van der Waals surface area contributed by atoms with Crippen molar-refractivity contribution in [2.75, 3.05) is 0 Å². The summed E-state index contributed by atoms with van der Waals surface area (Å²) >= 11 is 0. The third-order valence-electron chi connectivity index (χ3n) is 2.75. The molecule has 0 radical (unpaired) electrons. The van der Waals surface area contributed by atoms with Crippen LogP contribution in [0, 0.1) is 17.2 Å². The van der Waals surface area contributed by atoms with Crippen molar-refractivity contribution in [2.24, 2.45) is 22.6 Å². The Bertz CT molecular complexity index is 221. The zero-order valence-corrected chi connectivity index (χ0v) is 10.5. The largest absolute Gasteiger partial charge is 0.387 e. The lowest BCUT2D eigenvalue weighted by atomic mass is 9.80. The van der Waals surface area contributed by atoms with Crippen molar-refractivity contribution in [3.05, 3.63) is 0 Å². The lowest BCUT2D eigenvalue weighted by Gasteiger charge is -2.23. The van der Waals surface area contributed by atoms with Gasteiger partial charge in [0.25, 0.3) is 0 Å². The van der Waals surface area contributed by atoms with Gasteiger partial charge in [0.2, 0.25) is 0 Å². The van der Waals surface area contributed by atoms with Crippen LogP contribution in [0.15, 0.2) is 4.99 Å². The standard InChI is InChI=1S/C8H13N3.2C2H6/c9-7-5-3-1-2-4-6(5)8(10)11-7;2*1-2/h5-6H,1-4H2,(H3,9,10,11);2*1-2H3/t5-,6?;;/m0../s1. The third-order valence-corrected chi connectivity index (χ3v) is 2.75. The Kier molecular flexibility index (Phi) is 7.01. The molecule has 0 aromatic rings. The molecule has 2 rings (SSSR count). The smallest absolute Gasteiger partial charge is 0.126 e. The topological polar surface area (TPSA) is 62.2 Å². The molecular weight excluding hydrogens is 186 g/mol. The number of hydrogen-bond donors (Lipinski definition) is 2. The fraction of sp³-hybridized carbons (Fsp3) is 0.833. The molecule has 0 spiro atoms. The van der Waals surface area contributed by atoms with E-state index >= 15 is 0 Å². The Balaban J connectivity index is 0.000000442. The summed E-state index contributed by atoms with van der Waals surface area (Å²) < 4.78 is 0. The maximum absolute atomic E-state index is 7.54. The molecule has 2 atom stereocenters. The van der Waals surface area contributed by atoms with Crippen LogP contribution < -0.4 is 5.73 Å². The van der Waals surface area contributed by atoms with Gasteiger partial charge in [0.05, 0.1) is 0 Å². The summed E-state index contributed by atoms with van der Waals surface area (Å²) in [5.41, 5.74) is 5.69. The number of nitrogens with two attached hydrogens (primary N) is 1. The molecule has 1 saturated carbocycles. The Labute approximate surface area is 93.7 Å². The van der Waals surface area contributed by atoms with Crippen LogP contribution in [0.5, 0.6) is 0 Å². The van der Waals surface area contributed by atoms with Crippen molar-refractivity contribution in [1.82, 2.24) is 0 Å². The Morgan fingerprint density at radius 1 is 1.07 bits per heavy atom. The maximum Gasteiger partial charge on any atom is 0.126 e. The number of fused-ring (bicyclic) bond motifs is 1. The second-order valence-corrected chi connectivity index (χ2v) is 3.42. The molecule has 1 heterocycles. The molecule has 3 N–H and O–H groups in total. The lowest BCUT2D eigenvalue weighted by molar-refractivity contribution is 0.382. The van der Waals surface area contributed by atoms with Crippen LogP contribution in [0.4, 0.5) is 0 Å². The number of nitrogens with one attached hydrogen (secondary N) is 1. The summed E-state index contributed by atoms with van der Waals surface area (Å²) in [6, 6.07) is 0. The third kappa shape index (κ3) is 3.33. The average molecular weight is 211 g/mol. The molecule has 3 nitrogen and oxygen atoms in total. The molecule has 2 aliphatic rings. The van der Waals surface area contributed by atoms with Crippen LogP contribution in [0.2, 0.25) is 0 Å². The van der Waals surface area contributed by atoms with Crippen molar-refractivity contribution < 1.29 is 0 Å². The highest BCUT2D eigenvalue weighted by atomic mass is 15.0. The fourth-order valence-electron chi connectivity index (χ4n) is 2.12. The van der Waals surface area contributed by atoms with E-state index in [4.69, 9.17) is 11.1 Å². The molecule has 1 unspecified atom stereocenters. The summed E-state index contributed by atoms with van der Waals surface area (Å²) in [7, 11) is 0. The van der Waals surface area contributed by atoms with Crippen molar-refractivity contribution in [3.63, 3.8) is 0 Å². The fourth-order valence-corrected chi connectivity index (χ4v) is 2.12. The molecule has 0 aromatic carbocycles. The number of hydrogen-bond acceptors (Lipinski definition) is 2. The predicted octanol–water partition coefficient (Wildman–Crippen LogP) is 3.19. The normalized spacial score (nSPS) is 27.7. The first-order valence-corrected chi connectivity index (χ1v) is 6.21. The molecule has 3 heteroatoms. The Hall–Kier alpha value is -0.860. The highest BCUT2D eigenvalue weighted by Gasteiger charge is 2.35. The van der Waals surface area contributed by atoms with Gasteiger partial charge in [-0.15, -0.1) is 0 Å². The molecule has 0 saturated heterocycles. The van der Waals surface area contributed by atoms with Gasteiger partial charge in [-0.3, -0.25) is 5.41 Å².